The average Bonchev–Trinajstić information content (AvgIpc) is 3.25. The number of thiophene rings is 1. The summed E-state index contributed by atoms with van der Waals surface area (Å²) in [5, 5.41) is 13.9. The number of quaternary nitrogens is 1. The molecule has 4 nitrogen and oxygen atoms in total. The van der Waals surface area contributed by atoms with E-state index in [-0.39, 0.29) is 11.9 Å². The minimum Gasteiger partial charge on any atom is -0.321 e. The van der Waals surface area contributed by atoms with Gasteiger partial charge in [0.1, 0.15) is 6.04 Å². The molecule has 0 bridgehead atoms. The van der Waals surface area contributed by atoms with Gasteiger partial charge in [-0.25, -0.2) is 0 Å². The summed E-state index contributed by atoms with van der Waals surface area (Å²) in [4.78, 5) is 15.3. The van der Waals surface area contributed by atoms with Gasteiger partial charge in [0.15, 0.2) is 6.04 Å². The Kier molecular flexibility index (Phi) is 4.75. The molecule has 0 radical (unpaired) electrons. The number of nitrogens with zero attached hydrogens (tertiary/aromatic N) is 1. The van der Waals surface area contributed by atoms with Gasteiger partial charge in [-0.3, -0.25) is 4.79 Å². The van der Waals surface area contributed by atoms with Gasteiger partial charge >= 0.3 is 0 Å². The van der Waals surface area contributed by atoms with Crippen LogP contribution < -0.4 is 10.2 Å². The Morgan fingerprint density at radius 1 is 1.39 bits per heavy atom. The van der Waals surface area contributed by atoms with Gasteiger partial charge in [0.2, 0.25) is 0 Å². The summed E-state index contributed by atoms with van der Waals surface area (Å²) in [7, 11) is 0. The third-order valence-corrected chi connectivity index (χ3v) is 5.51. The van der Waals surface area contributed by atoms with Gasteiger partial charge in [-0.2, -0.15) is 5.26 Å². The van der Waals surface area contributed by atoms with Gasteiger partial charge < -0.3 is 10.2 Å². The smallest absolute Gasteiger partial charge is 0.282 e. The van der Waals surface area contributed by atoms with Crippen LogP contribution in [0.25, 0.3) is 0 Å². The van der Waals surface area contributed by atoms with E-state index in [4.69, 9.17) is 5.26 Å². The van der Waals surface area contributed by atoms with Crippen molar-refractivity contribution in [2.75, 3.05) is 11.9 Å². The molecule has 3 atom stereocenters. The van der Waals surface area contributed by atoms with E-state index in [1.165, 1.54) is 9.78 Å². The molecule has 1 aromatic heterocycles. The predicted octanol–water partition coefficient (Wildman–Crippen LogP) is 2.37. The molecule has 2 N–H and O–H groups in total. The second kappa shape index (κ2) is 6.95. The van der Waals surface area contributed by atoms with Gasteiger partial charge in [0.25, 0.3) is 5.91 Å². The summed E-state index contributed by atoms with van der Waals surface area (Å²) in [6.45, 7) is 3.03. The molecular formula is C18H20N3OS+. The van der Waals surface area contributed by atoms with Crippen molar-refractivity contribution in [3.8, 4) is 6.07 Å². The predicted molar refractivity (Wildman–Crippen MR) is 91.4 cm³/mol. The van der Waals surface area contributed by atoms with Crippen molar-refractivity contribution in [2.24, 2.45) is 0 Å². The van der Waals surface area contributed by atoms with Crippen LogP contribution in [0.3, 0.4) is 0 Å². The molecule has 1 aromatic carbocycles. The third kappa shape index (κ3) is 3.44. The highest BCUT2D eigenvalue weighted by Crippen LogP contribution is 2.24. The lowest BCUT2D eigenvalue weighted by Crippen LogP contribution is -3.15. The Labute approximate surface area is 140 Å². The number of amides is 1. The topological polar surface area (TPSA) is 57.3 Å². The first-order valence-corrected chi connectivity index (χ1v) is 8.77. The summed E-state index contributed by atoms with van der Waals surface area (Å²) in [6, 6.07) is 13.7. The van der Waals surface area contributed by atoms with Gasteiger partial charge in [-0.15, -0.1) is 11.3 Å². The van der Waals surface area contributed by atoms with Crippen LogP contribution >= 0.6 is 11.3 Å². The quantitative estimate of drug-likeness (QED) is 0.906. The molecule has 1 aliphatic heterocycles. The number of carbonyl (C=O) groups is 1. The van der Waals surface area contributed by atoms with Gasteiger partial charge in [-0.05, 0) is 42.6 Å². The number of benzene rings is 1. The molecule has 1 unspecified atom stereocenters. The van der Waals surface area contributed by atoms with Gasteiger partial charge in [0, 0.05) is 18.5 Å². The minimum absolute atomic E-state index is 0.0353. The Bertz CT molecular complexity index is 703. The van der Waals surface area contributed by atoms with Crippen molar-refractivity contribution in [3.63, 3.8) is 0 Å². The molecular weight excluding hydrogens is 306 g/mol. The standard InChI is InChI=1S/C18H19N3OS/c1-13(18(22)20-15-8-6-14(12-19)7-9-15)21-10-2-4-16(21)17-5-3-11-23-17/h3,5-9,11,13,16H,2,4,10H2,1H3,(H,20,22)/p+1/t13-,16+/m0/s1. The molecule has 3 rings (SSSR count). The van der Waals surface area contributed by atoms with E-state index in [9.17, 15) is 4.79 Å². The van der Waals surface area contributed by atoms with Gasteiger partial charge in [0.05, 0.1) is 23.1 Å². The number of hydrogen-bond acceptors (Lipinski definition) is 3. The van der Waals surface area contributed by atoms with Crippen LogP contribution in [-0.2, 0) is 4.79 Å². The molecule has 23 heavy (non-hydrogen) atoms. The first-order chi connectivity index (χ1) is 11.2. The highest BCUT2D eigenvalue weighted by atomic mass is 32.1. The van der Waals surface area contributed by atoms with Crippen molar-refractivity contribution in [1.82, 2.24) is 0 Å². The molecule has 118 valence electrons. The van der Waals surface area contributed by atoms with E-state index in [0.29, 0.717) is 11.6 Å². The number of anilines is 1. The Balaban J connectivity index is 1.67. The first-order valence-electron chi connectivity index (χ1n) is 7.89. The normalized spacial score (nSPS) is 21.6. The fraction of sp³-hybridized carbons (Fsp3) is 0.333. The lowest BCUT2D eigenvalue weighted by molar-refractivity contribution is -0.931. The average molecular weight is 326 g/mol. The minimum atomic E-state index is -0.0970. The number of nitrogens with one attached hydrogen (secondary N) is 2. The largest absolute Gasteiger partial charge is 0.321 e. The summed E-state index contributed by atoms with van der Waals surface area (Å²) < 4.78 is 0. The van der Waals surface area contributed by atoms with Crippen LogP contribution in [0.4, 0.5) is 5.69 Å². The third-order valence-electron chi connectivity index (χ3n) is 4.52. The second-order valence-corrected chi connectivity index (χ2v) is 6.91. The first kappa shape index (κ1) is 15.7. The summed E-state index contributed by atoms with van der Waals surface area (Å²) in [6.07, 6.45) is 2.30. The lowest BCUT2D eigenvalue weighted by atomic mass is 10.1. The van der Waals surface area contributed by atoms with Crippen molar-refractivity contribution in [1.29, 1.82) is 5.26 Å². The molecule has 1 amide bonds. The van der Waals surface area contributed by atoms with Crippen LogP contribution in [0.5, 0.6) is 0 Å². The SMILES string of the molecule is C[C@@H](C(=O)Nc1ccc(C#N)cc1)[NH+]1CCC[C@@H]1c1cccs1. The van der Waals surface area contributed by atoms with Crippen LogP contribution in [0.15, 0.2) is 41.8 Å². The molecule has 0 aliphatic carbocycles. The van der Waals surface area contributed by atoms with E-state index >= 15 is 0 Å². The molecule has 1 aliphatic rings. The Hall–Kier alpha value is -2.16. The maximum atomic E-state index is 12.6. The van der Waals surface area contributed by atoms with Gasteiger partial charge in [-0.1, -0.05) is 6.07 Å². The number of hydrogen-bond donors (Lipinski definition) is 2. The number of nitriles is 1. The number of rotatable bonds is 4. The van der Waals surface area contributed by atoms with Crippen LogP contribution in [0, 0.1) is 11.3 Å². The Morgan fingerprint density at radius 3 is 2.83 bits per heavy atom. The molecule has 5 heteroatoms. The van der Waals surface area contributed by atoms with Crippen molar-refractivity contribution >= 4 is 22.9 Å². The zero-order chi connectivity index (χ0) is 16.2. The summed E-state index contributed by atoms with van der Waals surface area (Å²) >= 11 is 1.78. The summed E-state index contributed by atoms with van der Waals surface area (Å²) in [5.74, 6) is 0.0353. The fourth-order valence-corrected chi connectivity index (χ4v) is 4.15. The van der Waals surface area contributed by atoms with Crippen LogP contribution in [0.2, 0.25) is 0 Å². The molecule has 1 fully saturated rings. The van der Waals surface area contributed by atoms with Crippen molar-refractivity contribution in [3.05, 3.63) is 52.2 Å². The molecule has 2 aromatic rings. The second-order valence-electron chi connectivity index (χ2n) is 5.94. The number of likely N-dealkylation sites (tertiary alicyclic amines) is 1. The zero-order valence-corrected chi connectivity index (χ0v) is 13.9. The van der Waals surface area contributed by atoms with E-state index < -0.39 is 0 Å². The summed E-state index contributed by atoms with van der Waals surface area (Å²) in [5.41, 5.74) is 1.34. The van der Waals surface area contributed by atoms with Crippen LogP contribution in [0.1, 0.15) is 36.2 Å². The molecule has 0 saturated carbocycles. The number of carbonyl (C=O) groups excluding carboxylic acids is 1. The van der Waals surface area contributed by atoms with E-state index in [1.807, 2.05) is 6.92 Å². The fourth-order valence-electron chi connectivity index (χ4n) is 3.25. The Morgan fingerprint density at radius 2 is 2.17 bits per heavy atom. The zero-order valence-electron chi connectivity index (χ0n) is 13.1. The molecule has 2 heterocycles. The molecule has 1 saturated heterocycles. The maximum absolute atomic E-state index is 12.6. The van der Waals surface area contributed by atoms with Crippen molar-refractivity contribution < 1.29 is 9.69 Å². The van der Waals surface area contributed by atoms with Crippen LogP contribution in [-0.4, -0.2) is 18.5 Å². The molecule has 0 spiro atoms. The highest BCUT2D eigenvalue weighted by molar-refractivity contribution is 7.10. The lowest BCUT2D eigenvalue weighted by Gasteiger charge is -2.26. The maximum Gasteiger partial charge on any atom is 0.282 e. The van der Waals surface area contributed by atoms with Crippen molar-refractivity contribution in [2.45, 2.75) is 31.8 Å². The highest BCUT2D eigenvalue weighted by Gasteiger charge is 2.37. The van der Waals surface area contributed by atoms with E-state index in [1.54, 1.807) is 35.6 Å². The monoisotopic (exact) mass is 326 g/mol. The van der Waals surface area contributed by atoms with E-state index in [2.05, 4.69) is 28.9 Å². The van der Waals surface area contributed by atoms with E-state index in [0.717, 1.165) is 25.1 Å².